The number of hydrogen-bond donors (Lipinski definition) is 1. The van der Waals surface area contributed by atoms with Crippen LogP contribution in [-0.2, 0) is 0 Å². The number of H-pyrrole nitrogens is 1. The summed E-state index contributed by atoms with van der Waals surface area (Å²) >= 11 is 6.14. The smallest absolute Gasteiger partial charge is 0.195 e. The number of rotatable bonds is 2. The van der Waals surface area contributed by atoms with Crippen molar-refractivity contribution in [2.45, 2.75) is 13.8 Å². The zero-order valence-corrected chi connectivity index (χ0v) is 12.1. The third-order valence-electron chi connectivity index (χ3n) is 3.62. The van der Waals surface area contributed by atoms with Gasteiger partial charge in [0.1, 0.15) is 0 Å². The van der Waals surface area contributed by atoms with Crippen molar-refractivity contribution >= 4 is 28.3 Å². The van der Waals surface area contributed by atoms with Gasteiger partial charge in [-0.25, -0.2) is 0 Å². The maximum absolute atomic E-state index is 12.8. The number of aromatic amines is 1. The van der Waals surface area contributed by atoms with E-state index in [0.29, 0.717) is 10.6 Å². The van der Waals surface area contributed by atoms with Crippen LogP contribution in [0, 0.1) is 13.8 Å². The van der Waals surface area contributed by atoms with Gasteiger partial charge in [-0.1, -0.05) is 41.9 Å². The Bertz CT molecular complexity index is 797. The van der Waals surface area contributed by atoms with Crippen LogP contribution in [0.15, 0.2) is 42.6 Å². The number of aromatic nitrogens is 1. The summed E-state index contributed by atoms with van der Waals surface area (Å²) in [4.78, 5) is 15.9. The molecule has 0 saturated heterocycles. The monoisotopic (exact) mass is 283 g/mol. The Morgan fingerprint density at radius 1 is 1.05 bits per heavy atom. The molecule has 1 N–H and O–H groups in total. The highest BCUT2D eigenvalue weighted by molar-refractivity contribution is 6.35. The molecular formula is C17H14ClNO. The Hall–Kier alpha value is -2.06. The first-order chi connectivity index (χ1) is 9.59. The number of hydrogen-bond acceptors (Lipinski definition) is 1. The molecule has 100 valence electrons. The molecule has 0 unspecified atom stereocenters. The largest absolute Gasteiger partial charge is 0.359 e. The third-order valence-corrected chi connectivity index (χ3v) is 3.93. The van der Waals surface area contributed by atoms with E-state index >= 15 is 0 Å². The van der Waals surface area contributed by atoms with Gasteiger partial charge in [-0.05, 0) is 31.0 Å². The van der Waals surface area contributed by atoms with Gasteiger partial charge in [-0.2, -0.15) is 0 Å². The molecule has 0 atom stereocenters. The predicted molar refractivity (Wildman–Crippen MR) is 82.7 cm³/mol. The predicted octanol–water partition coefficient (Wildman–Crippen LogP) is 4.67. The second kappa shape index (κ2) is 4.80. The topological polar surface area (TPSA) is 32.9 Å². The highest BCUT2D eigenvalue weighted by Gasteiger charge is 2.18. The van der Waals surface area contributed by atoms with Crippen molar-refractivity contribution in [1.29, 1.82) is 0 Å². The normalized spacial score (nSPS) is 10.9. The average molecular weight is 284 g/mol. The maximum atomic E-state index is 12.8. The van der Waals surface area contributed by atoms with Gasteiger partial charge in [-0.15, -0.1) is 0 Å². The van der Waals surface area contributed by atoms with Gasteiger partial charge in [-0.3, -0.25) is 4.79 Å². The molecule has 3 rings (SSSR count). The molecule has 2 nitrogen and oxygen atoms in total. The molecule has 0 aliphatic carbocycles. The third kappa shape index (κ3) is 1.93. The highest BCUT2D eigenvalue weighted by Crippen LogP contribution is 2.28. The Balaban J connectivity index is 2.21. The second-order valence-corrected chi connectivity index (χ2v) is 5.37. The summed E-state index contributed by atoms with van der Waals surface area (Å²) in [7, 11) is 0. The van der Waals surface area contributed by atoms with Crippen LogP contribution in [0.25, 0.3) is 10.9 Å². The van der Waals surface area contributed by atoms with Gasteiger partial charge in [0.05, 0.1) is 10.5 Å². The van der Waals surface area contributed by atoms with Gasteiger partial charge < -0.3 is 4.98 Å². The lowest BCUT2D eigenvalue weighted by Crippen LogP contribution is -2.05. The first kappa shape index (κ1) is 12.9. The van der Waals surface area contributed by atoms with Crippen LogP contribution in [-0.4, -0.2) is 10.8 Å². The summed E-state index contributed by atoms with van der Waals surface area (Å²) in [6.45, 7) is 3.92. The molecule has 0 radical (unpaired) electrons. The van der Waals surface area contributed by atoms with E-state index in [-0.39, 0.29) is 5.78 Å². The maximum Gasteiger partial charge on any atom is 0.195 e. The quantitative estimate of drug-likeness (QED) is 0.681. The van der Waals surface area contributed by atoms with Crippen molar-refractivity contribution in [3.05, 3.63) is 69.9 Å². The van der Waals surface area contributed by atoms with Gasteiger partial charge in [0.2, 0.25) is 0 Å². The lowest BCUT2D eigenvalue weighted by Gasteiger charge is -2.07. The fourth-order valence-electron chi connectivity index (χ4n) is 2.61. The Morgan fingerprint density at radius 3 is 2.40 bits per heavy atom. The Morgan fingerprint density at radius 2 is 1.70 bits per heavy atom. The fraction of sp³-hybridized carbons (Fsp3) is 0.118. The summed E-state index contributed by atoms with van der Waals surface area (Å²) in [5.74, 6) is 0.0362. The summed E-state index contributed by atoms with van der Waals surface area (Å²) in [6.07, 6.45) is 1.74. The summed E-state index contributed by atoms with van der Waals surface area (Å²) in [5, 5.41) is 1.49. The number of carbonyl (C=O) groups excluding carboxylic acids is 1. The first-order valence-corrected chi connectivity index (χ1v) is 6.84. The number of aryl methyl sites for hydroxylation is 2. The van der Waals surface area contributed by atoms with Gasteiger partial charge in [0.15, 0.2) is 5.78 Å². The summed E-state index contributed by atoms with van der Waals surface area (Å²) in [5.41, 5.74) is 4.23. The SMILES string of the molecule is Cc1cccc(C)c1C(=O)c1c[nH]c2c(Cl)cccc12. The van der Waals surface area contributed by atoms with Crippen LogP contribution in [0.5, 0.6) is 0 Å². The molecule has 0 fully saturated rings. The van der Waals surface area contributed by atoms with Crippen LogP contribution in [0.4, 0.5) is 0 Å². The highest BCUT2D eigenvalue weighted by atomic mass is 35.5. The molecule has 3 heteroatoms. The molecule has 0 spiro atoms. The number of ketones is 1. The van der Waals surface area contributed by atoms with E-state index in [2.05, 4.69) is 4.98 Å². The number of benzene rings is 2. The molecule has 0 saturated carbocycles. The van der Waals surface area contributed by atoms with Crippen LogP contribution in [0.1, 0.15) is 27.0 Å². The van der Waals surface area contributed by atoms with Crippen molar-refractivity contribution in [2.75, 3.05) is 0 Å². The number of nitrogens with one attached hydrogen (secondary N) is 1. The van der Waals surface area contributed by atoms with E-state index in [4.69, 9.17) is 11.6 Å². The van der Waals surface area contributed by atoms with E-state index in [0.717, 1.165) is 27.6 Å². The first-order valence-electron chi connectivity index (χ1n) is 6.46. The van der Waals surface area contributed by atoms with Crippen LogP contribution in [0.3, 0.4) is 0 Å². The van der Waals surface area contributed by atoms with Crippen molar-refractivity contribution in [2.24, 2.45) is 0 Å². The lowest BCUT2D eigenvalue weighted by atomic mass is 9.95. The fourth-order valence-corrected chi connectivity index (χ4v) is 2.84. The standard InChI is InChI=1S/C17H14ClNO/c1-10-5-3-6-11(2)15(10)17(20)13-9-19-16-12(13)7-4-8-14(16)18/h3-9,19H,1-2H3. The molecule has 2 aromatic carbocycles. The average Bonchev–Trinajstić information content (AvgIpc) is 2.83. The van der Waals surface area contributed by atoms with Gasteiger partial charge >= 0.3 is 0 Å². The van der Waals surface area contributed by atoms with Crippen molar-refractivity contribution in [3.63, 3.8) is 0 Å². The Kier molecular flexibility index (Phi) is 3.11. The van der Waals surface area contributed by atoms with Crippen molar-refractivity contribution < 1.29 is 4.79 Å². The number of halogens is 1. The van der Waals surface area contributed by atoms with E-state index in [1.807, 2.05) is 50.2 Å². The molecule has 1 heterocycles. The zero-order valence-electron chi connectivity index (χ0n) is 11.3. The van der Waals surface area contributed by atoms with Crippen LogP contribution in [0.2, 0.25) is 5.02 Å². The number of carbonyl (C=O) groups is 1. The summed E-state index contributed by atoms with van der Waals surface area (Å²) in [6, 6.07) is 11.5. The van der Waals surface area contributed by atoms with Crippen molar-refractivity contribution in [3.8, 4) is 0 Å². The minimum atomic E-state index is 0.0362. The number of para-hydroxylation sites is 1. The van der Waals surface area contributed by atoms with E-state index < -0.39 is 0 Å². The van der Waals surface area contributed by atoms with Crippen molar-refractivity contribution in [1.82, 2.24) is 4.98 Å². The second-order valence-electron chi connectivity index (χ2n) is 4.96. The molecule has 1 aromatic heterocycles. The molecule has 0 aliphatic heterocycles. The summed E-state index contributed by atoms with van der Waals surface area (Å²) < 4.78 is 0. The van der Waals surface area contributed by atoms with Crippen LogP contribution >= 0.6 is 11.6 Å². The minimum Gasteiger partial charge on any atom is -0.359 e. The van der Waals surface area contributed by atoms with E-state index in [9.17, 15) is 4.79 Å². The molecule has 0 aliphatic rings. The molecular weight excluding hydrogens is 270 g/mol. The zero-order chi connectivity index (χ0) is 14.3. The molecule has 3 aromatic rings. The van der Waals surface area contributed by atoms with E-state index in [1.54, 1.807) is 6.20 Å². The van der Waals surface area contributed by atoms with E-state index in [1.165, 1.54) is 0 Å². The molecule has 0 amide bonds. The Labute approximate surface area is 122 Å². The lowest BCUT2D eigenvalue weighted by molar-refractivity contribution is 0.103. The molecule has 20 heavy (non-hydrogen) atoms. The number of fused-ring (bicyclic) bond motifs is 1. The minimum absolute atomic E-state index is 0.0362. The van der Waals surface area contributed by atoms with Gasteiger partial charge in [0.25, 0.3) is 0 Å². The molecule has 0 bridgehead atoms. The van der Waals surface area contributed by atoms with Crippen LogP contribution < -0.4 is 0 Å². The van der Waals surface area contributed by atoms with Gasteiger partial charge in [0, 0.05) is 22.7 Å².